The minimum atomic E-state index is -3.82. The van der Waals surface area contributed by atoms with Crippen LogP contribution in [0.3, 0.4) is 0 Å². The Bertz CT molecular complexity index is 557. The second-order valence-electron chi connectivity index (χ2n) is 3.53. The second-order valence-corrected chi connectivity index (χ2v) is 5.03. The van der Waals surface area contributed by atoms with Crippen molar-refractivity contribution in [3.05, 3.63) is 23.8 Å². The normalized spacial score (nSPS) is 11.2. The first-order valence-electron chi connectivity index (χ1n) is 5.18. The lowest BCUT2D eigenvalue weighted by molar-refractivity contribution is 0.0694. The Morgan fingerprint density at radius 3 is 2.68 bits per heavy atom. The summed E-state index contributed by atoms with van der Waals surface area (Å²) in [5.41, 5.74) is -0.364. The number of hydrogen-bond donors (Lipinski definition) is 4. The third-order valence-corrected chi connectivity index (χ3v) is 3.17. The van der Waals surface area contributed by atoms with Crippen molar-refractivity contribution in [3.8, 4) is 5.75 Å². The summed E-state index contributed by atoms with van der Waals surface area (Å²) >= 11 is 0. The molecule has 4 N–H and O–H groups in total. The summed E-state index contributed by atoms with van der Waals surface area (Å²) in [4.78, 5) is 10.8. The van der Waals surface area contributed by atoms with Crippen LogP contribution >= 0.6 is 0 Å². The number of aromatic hydroxyl groups is 1. The molecule has 8 nitrogen and oxygen atoms in total. The van der Waals surface area contributed by atoms with Crippen molar-refractivity contribution in [2.24, 2.45) is 0 Å². The van der Waals surface area contributed by atoms with Crippen molar-refractivity contribution in [2.75, 3.05) is 25.0 Å². The number of anilines is 1. The lowest BCUT2D eigenvalue weighted by atomic mass is 10.2. The number of methoxy groups -OCH3 is 1. The Hall–Kier alpha value is -1.84. The van der Waals surface area contributed by atoms with Crippen LogP contribution in [-0.4, -0.2) is 44.9 Å². The van der Waals surface area contributed by atoms with Crippen LogP contribution in [0.4, 0.5) is 5.69 Å². The molecule has 0 heterocycles. The SMILES string of the molecule is COCCNS(=O)(=O)Nc1ccc(O)c(C(=O)O)c1. The van der Waals surface area contributed by atoms with Gasteiger partial charge in [0.1, 0.15) is 11.3 Å². The highest BCUT2D eigenvalue weighted by Crippen LogP contribution is 2.21. The summed E-state index contributed by atoms with van der Waals surface area (Å²) in [6.07, 6.45) is 0. The highest BCUT2D eigenvalue weighted by atomic mass is 32.2. The largest absolute Gasteiger partial charge is 0.507 e. The molecule has 0 aliphatic carbocycles. The van der Waals surface area contributed by atoms with Crippen LogP contribution in [0.5, 0.6) is 5.75 Å². The van der Waals surface area contributed by atoms with Crippen molar-refractivity contribution >= 4 is 21.9 Å². The molecule has 106 valence electrons. The third-order valence-electron chi connectivity index (χ3n) is 2.08. The van der Waals surface area contributed by atoms with E-state index < -0.39 is 27.5 Å². The highest BCUT2D eigenvalue weighted by molar-refractivity contribution is 7.90. The number of carboxylic acid groups (broad SMARTS) is 1. The minimum Gasteiger partial charge on any atom is -0.507 e. The molecule has 1 rings (SSSR count). The molecule has 0 unspecified atom stereocenters. The molecule has 0 saturated carbocycles. The summed E-state index contributed by atoms with van der Waals surface area (Å²) < 4.78 is 32.1. The van der Waals surface area contributed by atoms with Crippen LogP contribution < -0.4 is 9.44 Å². The number of phenols is 1. The quantitative estimate of drug-likeness (QED) is 0.413. The van der Waals surface area contributed by atoms with E-state index in [0.29, 0.717) is 0 Å². The van der Waals surface area contributed by atoms with E-state index in [1.54, 1.807) is 0 Å². The number of hydrogen-bond acceptors (Lipinski definition) is 5. The number of benzene rings is 1. The summed E-state index contributed by atoms with van der Waals surface area (Å²) in [7, 11) is -2.39. The molecule has 0 atom stereocenters. The number of ether oxygens (including phenoxy) is 1. The number of nitrogens with one attached hydrogen (secondary N) is 2. The molecule has 0 aromatic heterocycles. The molecule has 0 radical (unpaired) electrons. The van der Waals surface area contributed by atoms with E-state index in [0.717, 1.165) is 12.1 Å². The van der Waals surface area contributed by atoms with Gasteiger partial charge in [0.2, 0.25) is 0 Å². The van der Waals surface area contributed by atoms with Crippen molar-refractivity contribution in [1.29, 1.82) is 0 Å². The standard InChI is InChI=1S/C10H14N2O6S/c1-18-5-4-11-19(16,17)12-7-2-3-9(13)8(6-7)10(14)15/h2-3,6,11-13H,4-5H2,1H3,(H,14,15). The highest BCUT2D eigenvalue weighted by Gasteiger charge is 2.13. The first-order chi connectivity index (χ1) is 8.85. The predicted octanol–water partition coefficient (Wildman–Crippen LogP) is -0.0169. The zero-order valence-corrected chi connectivity index (χ0v) is 10.9. The topological polar surface area (TPSA) is 125 Å². The van der Waals surface area contributed by atoms with Crippen LogP contribution in [0.15, 0.2) is 18.2 Å². The average molecular weight is 290 g/mol. The van der Waals surface area contributed by atoms with Gasteiger partial charge in [-0.3, -0.25) is 4.72 Å². The molecular weight excluding hydrogens is 276 g/mol. The first-order valence-corrected chi connectivity index (χ1v) is 6.66. The number of carboxylic acids is 1. The summed E-state index contributed by atoms with van der Waals surface area (Å²) in [5.74, 6) is -1.80. The van der Waals surface area contributed by atoms with E-state index >= 15 is 0 Å². The van der Waals surface area contributed by atoms with E-state index in [1.165, 1.54) is 13.2 Å². The number of carbonyl (C=O) groups is 1. The molecule has 1 aromatic carbocycles. The van der Waals surface area contributed by atoms with Gasteiger partial charge in [-0.1, -0.05) is 0 Å². The molecule has 1 aromatic rings. The Morgan fingerprint density at radius 1 is 1.42 bits per heavy atom. The lowest BCUT2D eigenvalue weighted by Crippen LogP contribution is -2.32. The van der Waals surface area contributed by atoms with Crippen LogP contribution in [0.1, 0.15) is 10.4 Å². The van der Waals surface area contributed by atoms with Gasteiger partial charge in [0.25, 0.3) is 10.2 Å². The molecule has 9 heteroatoms. The summed E-state index contributed by atoms with van der Waals surface area (Å²) in [6, 6.07) is 3.36. The molecule has 0 aliphatic heterocycles. The zero-order valence-electron chi connectivity index (χ0n) is 10.1. The Labute approximate surface area is 110 Å². The fourth-order valence-corrected chi connectivity index (χ4v) is 2.10. The maximum absolute atomic E-state index is 11.6. The predicted molar refractivity (Wildman–Crippen MR) is 67.5 cm³/mol. The molecule has 0 saturated heterocycles. The zero-order chi connectivity index (χ0) is 14.5. The van der Waals surface area contributed by atoms with Crippen LogP contribution in [0.2, 0.25) is 0 Å². The van der Waals surface area contributed by atoms with Crippen molar-refractivity contribution in [3.63, 3.8) is 0 Å². The van der Waals surface area contributed by atoms with Gasteiger partial charge in [-0.15, -0.1) is 0 Å². The monoisotopic (exact) mass is 290 g/mol. The molecule has 0 amide bonds. The molecule has 0 aliphatic rings. The van der Waals surface area contributed by atoms with Gasteiger partial charge in [0.05, 0.1) is 12.3 Å². The minimum absolute atomic E-state index is 0.0279. The van der Waals surface area contributed by atoms with Crippen LogP contribution in [0, 0.1) is 0 Å². The van der Waals surface area contributed by atoms with Gasteiger partial charge in [-0.05, 0) is 18.2 Å². The van der Waals surface area contributed by atoms with E-state index in [4.69, 9.17) is 5.11 Å². The maximum Gasteiger partial charge on any atom is 0.339 e. The molecule has 19 heavy (non-hydrogen) atoms. The Kier molecular flexibility index (Phi) is 5.10. The van der Waals surface area contributed by atoms with E-state index in [1.807, 2.05) is 0 Å². The maximum atomic E-state index is 11.6. The lowest BCUT2D eigenvalue weighted by Gasteiger charge is -2.10. The molecule has 0 bridgehead atoms. The number of rotatable bonds is 7. The van der Waals surface area contributed by atoms with Crippen LogP contribution in [-0.2, 0) is 14.9 Å². The Balaban J connectivity index is 2.82. The van der Waals surface area contributed by atoms with Crippen molar-refractivity contribution in [1.82, 2.24) is 4.72 Å². The van der Waals surface area contributed by atoms with Gasteiger partial charge in [0, 0.05) is 13.7 Å². The average Bonchev–Trinajstić information content (AvgIpc) is 2.31. The smallest absolute Gasteiger partial charge is 0.339 e. The summed E-state index contributed by atoms with van der Waals surface area (Å²) in [5, 5.41) is 18.1. The van der Waals surface area contributed by atoms with Gasteiger partial charge >= 0.3 is 5.97 Å². The Morgan fingerprint density at radius 2 is 2.11 bits per heavy atom. The van der Waals surface area contributed by atoms with E-state index in [-0.39, 0.29) is 18.8 Å². The molecular formula is C10H14N2O6S. The van der Waals surface area contributed by atoms with Gasteiger partial charge in [-0.25, -0.2) is 4.79 Å². The van der Waals surface area contributed by atoms with Crippen molar-refractivity contribution in [2.45, 2.75) is 0 Å². The number of aromatic carboxylic acids is 1. The third kappa shape index (κ3) is 4.73. The fourth-order valence-electron chi connectivity index (χ4n) is 1.24. The summed E-state index contributed by atoms with van der Waals surface area (Å²) in [6.45, 7) is 0.284. The second kappa shape index (κ2) is 6.36. The van der Waals surface area contributed by atoms with Gasteiger partial charge in [-0.2, -0.15) is 13.1 Å². The molecule has 0 spiro atoms. The first kappa shape index (κ1) is 15.2. The van der Waals surface area contributed by atoms with Gasteiger partial charge in [0.15, 0.2) is 0 Å². The van der Waals surface area contributed by atoms with E-state index in [9.17, 15) is 18.3 Å². The van der Waals surface area contributed by atoms with E-state index in [2.05, 4.69) is 14.2 Å². The fraction of sp³-hybridized carbons (Fsp3) is 0.300. The van der Waals surface area contributed by atoms with Gasteiger partial charge < -0.3 is 14.9 Å². The van der Waals surface area contributed by atoms with Crippen LogP contribution in [0.25, 0.3) is 0 Å². The van der Waals surface area contributed by atoms with Crippen molar-refractivity contribution < 1.29 is 28.2 Å². The molecule has 0 fully saturated rings.